The van der Waals surface area contributed by atoms with Crippen LogP contribution in [0.5, 0.6) is 0 Å². The molecule has 4 heterocycles. The van der Waals surface area contributed by atoms with E-state index in [1.807, 2.05) is 47.6 Å². The maximum Gasteiger partial charge on any atom is 0.236 e. The number of β-amino-alcohol motifs (C(OH)–C–C–N with tert-alkyl or cyclic N) is 1. The third-order valence-corrected chi connectivity index (χ3v) is 9.78. The average Bonchev–Trinajstić information content (AvgIpc) is 3.47. The highest BCUT2D eigenvalue weighted by Gasteiger charge is 2.33. The molecule has 0 spiro atoms. The van der Waals surface area contributed by atoms with Gasteiger partial charge >= 0.3 is 0 Å². The number of thiazole rings is 1. The number of pyridine rings is 1. The smallest absolute Gasteiger partial charge is 0.236 e. The van der Waals surface area contributed by atoms with Gasteiger partial charge in [0.15, 0.2) is 10.9 Å². The molecule has 0 radical (unpaired) electrons. The number of fused-ring (bicyclic) bond motifs is 1. The molecule has 1 atom stereocenters. The number of hydrogen-bond acceptors (Lipinski definition) is 10. The highest BCUT2D eigenvalue weighted by Crippen LogP contribution is 2.41. The van der Waals surface area contributed by atoms with Gasteiger partial charge in [0.25, 0.3) is 0 Å². The van der Waals surface area contributed by atoms with E-state index >= 15 is 4.39 Å². The minimum atomic E-state index is -0.494. The van der Waals surface area contributed by atoms with Crippen LogP contribution in [-0.2, 0) is 4.79 Å². The number of piperazine rings is 1. The Morgan fingerprint density at radius 1 is 1.13 bits per heavy atom. The van der Waals surface area contributed by atoms with Gasteiger partial charge in [-0.05, 0) is 55.3 Å². The van der Waals surface area contributed by atoms with E-state index in [0.29, 0.717) is 83.0 Å². The maximum absolute atomic E-state index is 16.1. The van der Waals surface area contributed by atoms with Crippen LogP contribution in [0.4, 0.5) is 25.3 Å². The number of halogens is 2. The predicted octanol–water partition coefficient (Wildman–Crippen LogP) is 4.48. The number of anilines is 3. The Balaban J connectivity index is 1.37. The van der Waals surface area contributed by atoms with Crippen molar-refractivity contribution < 1.29 is 23.8 Å². The van der Waals surface area contributed by atoms with Gasteiger partial charge in [-0.15, -0.1) is 0 Å². The first kappa shape index (κ1) is 32.7. The summed E-state index contributed by atoms with van der Waals surface area (Å²) in [4.78, 5) is 30.1. The molecule has 4 aromatic rings. The van der Waals surface area contributed by atoms with Crippen LogP contribution >= 0.6 is 11.3 Å². The van der Waals surface area contributed by atoms with Crippen molar-refractivity contribution in [2.75, 3.05) is 62.2 Å². The van der Waals surface area contributed by atoms with Crippen molar-refractivity contribution in [3.8, 4) is 17.3 Å². The quantitative estimate of drug-likeness (QED) is 0.268. The van der Waals surface area contributed by atoms with Crippen LogP contribution in [0.25, 0.3) is 22.2 Å². The number of hydrogen-bond donors (Lipinski definition) is 2. The summed E-state index contributed by atoms with van der Waals surface area (Å²) in [6, 6.07) is 13.0. The second kappa shape index (κ2) is 13.5. The zero-order valence-corrected chi connectivity index (χ0v) is 27.3. The lowest BCUT2D eigenvalue weighted by Crippen LogP contribution is -2.59. The molecule has 0 saturated carbocycles. The first-order chi connectivity index (χ1) is 22.6. The molecule has 2 aliphatic heterocycles. The van der Waals surface area contributed by atoms with E-state index < -0.39 is 11.9 Å². The third kappa shape index (κ3) is 6.51. The Morgan fingerprint density at radius 2 is 1.87 bits per heavy atom. The normalized spacial score (nSPS) is 17.3. The van der Waals surface area contributed by atoms with Gasteiger partial charge in [0.2, 0.25) is 5.91 Å². The standard InChI is InChI=1S/C34H37F2N7O3S/c1-4-42(34-39-32(30(14-37)47-34)21-5-7-22(35)8-6-21)29-13-28(20(2)3)38-33-26(29)11-23(12-27(33)36)43-10-9-40(15-24(43)19-44)18-31(46)41-16-25(45)17-41/h5-8,11-13,20,24-25,44-45H,4,9-10,15-19H2,1-3H3/t24-/m0/s1. The molecule has 2 N–H and O–H groups in total. The molecule has 6 rings (SSSR count). The fourth-order valence-electron chi connectivity index (χ4n) is 6.18. The summed E-state index contributed by atoms with van der Waals surface area (Å²) >= 11 is 1.21. The zero-order valence-electron chi connectivity index (χ0n) is 26.5. The summed E-state index contributed by atoms with van der Waals surface area (Å²) in [5, 5.41) is 31.0. The number of aliphatic hydroxyl groups is 2. The summed E-state index contributed by atoms with van der Waals surface area (Å²) in [6.07, 6.45) is -0.468. The van der Waals surface area contributed by atoms with Crippen molar-refractivity contribution >= 4 is 44.7 Å². The predicted molar refractivity (Wildman–Crippen MR) is 178 cm³/mol. The van der Waals surface area contributed by atoms with Gasteiger partial charge in [0.05, 0.1) is 31.0 Å². The largest absolute Gasteiger partial charge is 0.394 e. The SMILES string of the molecule is CCN(c1nc(-c2ccc(F)cc2)c(C#N)s1)c1cc(C(C)C)nc2c(F)cc(N3CCN(CC(=O)N4CC(O)C4)C[C@H]3CO)cc12. The lowest BCUT2D eigenvalue weighted by atomic mass is 10.0. The third-order valence-electron chi connectivity index (χ3n) is 8.80. The molecule has 47 heavy (non-hydrogen) atoms. The Hall–Kier alpha value is -4.22. The number of benzene rings is 2. The van der Waals surface area contributed by atoms with Crippen LogP contribution in [-0.4, -0.2) is 100 Å². The molecule has 2 aromatic carbocycles. The van der Waals surface area contributed by atoms with E-state index in [1.165, 1.54) is 29.5 Å². The van der Waals surface area contributed by atoms with Crippen molar-refractivity contribution in [3.63, 3.8) is 0 Å². The first-order valence-corrected chi connectivity index (χ1v) is 16.6. The number of carbonyl (C=O) groups is 1. The zero-order chi connectivity index (χ0) is 33.4. The van der Waals surface area contributed by atoms with E-state index in [1.54, 1.807) is 17.0 Å². The molecule has 2 fully saturated rings. The molecular weight excluding hydrogens is 624 g/mol. The van der Waals surface area contributed by atoms with Gasteiger partial charge in [0.1, 0.15) is 28.0 Å². The second-order valence-electron chi connectivity index (χ2n) is 12.3. The highest BCUT2D eigenvalue weighted by atomic mass is 32.1. The summed E-state index contributed by atoms with van der Waals surface area (Å²) in [5.74, 6) is -0.929. The number of nitriles is 1. The molecular formula is C34H37F2N7O3S. The summed E-state index contributed by atoms with van der Waals surface area (Å²) < 4.78 is 29.7. The summed E-state index contributed by atoms with van der Waals surface area (Å²) in [6.45, 7) is 8.51. The Labute approximate surface area is 276 Å². The van der Waals surface area contributed by atoms with Crippen molar-refractivity contribution in [2.45, 2.75) is 38.8 Å². The van der Waals surface area contributed by atoms with Crippen molar-refractivity contribution in [1.82, 2.24) is 19.8 Å². The topological polar surface area (TPSA) is 120 Å². The van der Waals surface area contributed by atoms with Crippen LogP contribution in [0.2, 0.25) is 0 Å². The van der Waals surface area contributed by atoms with Gasteiger partial charge in [0, 0.05) is 61.6 Å². The Bertz CT molecular complexity index is 1820. The van der Waals surface area contributed by atoms with Gasteiger partial charge in [-0.25, -0.2) is 18.7 Å². The summed E-state index contributed by atoms with van der Waals surface area (Å²) in [7, 11) is 0. The van der Waals surface area contributed by atoms with Gasteiger partial charge < -0.3 is 24.9 Å². The molecule has 2 saturated heterocycles. The number of amides is 1. The van der Waals surface area contributed by atoms with Crippen molar-refractivity contribution in [3.05, 3.63) is 64.7 Å². The molecule has 0 unspecified atom stereocenters. The number of nitrogens with zero attached hydrogens (tertiary/aromatic N) is 7. The monoisotopic (exact) mass is 661 g/mol. The number of carbonyl (C=O) groups excluding carboxylic acids is 1. The van der Waals surface area contributed by atoms with E-state index in [9.17, 15) is 24.7 Å². The van der Waals surface area contributed by atoms with E-state index in [4.69, 9.17) is 9.97 Å². The molecule has 1 amide bonds. The van der Waals surface area contributed by atoms with E-state index in [-0.39, 0.29) is 42.4 Å². The van der Waals surface area contributed by atoms with Crippen LogP contribution < -0.4 is 9.80 Å². The molecule has 2 aliphatic rings. The number of rotatable bonds is 9. The first-order valence-electron chi connectivity index (χ1n) is 15.7. The fraction of sp³-hybridized carbons (Fsp3) is 0.412. The molecule has 246 valence electrons. The van der Waals surface area contributed by atoms with Crippen molar-refractivity contribution in [1.29, 1.82) is 5.26 Å². The van der Waals surface area contributed by atoms with Crippen LogP contribution in [0.3, 0.4) is 0 Å². The number of likely N-dealkylation sites (tertiary alicyclic amines) is 1. The maximum atomic E-state index is 16.1. The Morgan fingerprint density at radius 3 is 2.51 bits per heavy atom. The minimum absolute atomic E-state index is 0.00533. The Kier molecular flexibility index (Phi) is 9.39. The fourth-order valence-corrected chi connectivity index (χ4v) is 7.14. The molecule has 13 heteroatoms. The summed E-state index contributed by atoms with van der Waals surface area (Å²) in [5.41, 5.74) is 3.27. The number of aromatic nitrogens is 2. The van der Waals surface area contributed by atoms with Crippen LogP contribution in [0.1, 0.15) is 37.3 Å². The average molecular weight is 662 g/mol. The molecule has 2 aromatic heterocycles. The van der Waals surface area contributed by atoms with E-state index in [2.05, 4.69) is 6.07 Å². The molecule has 10 nitrogen and oxygen atoms in total. The van der Waals surface area contributed by atoms with Crippen LogP contribution in [0.15, 0.2) is 42.5 Å². The lowest BCUT2D eigenvalue weighted by molar-refractivity contribution is -0.142. The molecule has 0 bridgehead atoms. The lowest BCUT2D eigenvalue weighted by Gasteiger charge is -2.43. The van der Waals surface area contributed by atoms with Crippen LogP contribution in [0, 0.1) is 23.0 Å². The van der Waals surface area contributed by atoms with Crippen molar-refractivity contribution in [2.24, 2.45) is 0 Å². The second-order valence-corrected chi connectivity index (χ2v) is 13.3. The minimum Gasteiger partial charge on any atom is -0.394 e. The number of aliphatic hydroxyl groups excluding tert-OH is 2. The van der Waals surface area contributed by atoms with Gasteiger partial charge in [-0.2, -0.15) is 5.26 Å². The molecule has 0 aliphatic carbocycles. The highest BCUT2D eigenvalue weighted by molar-refractivity contribution is 7.16. The van der Waals surface area contributed by atoms with Gasteiger partial charge in [-0.3, -0.25) is 9.69 Å². The van der Waals surface area contributed by atoms with E-state index in [0.717, 1.165) is 0 Å². The van der Waals surface area contributed by atoms with Gasteiger partial charge in [-0.1, -0.05) is 25.2 Å².